The van der Waals surface area contributed by atoms with E-state index >= 15 is 0 Å². The molecule has 3 aromatic carbocycles. The number of nitrogens with one attached hydrogen (secondary N) is 1. The van der Waals surface area contributed by atoms with Gasteiger partial charge in [0.2, 0.25) is 0 Å². The summed E-state index contributed by atoms with van der Waals surface area (Å²) in [6, 6.07) is 22.8. The van der Waals surface area contributed by atoms with Crippen LogP contribution < -0.4 is 14.5 Å². The number of hydrogen-bond acceptors (Lipinski definition) is 5. The summed E-state index contributed by atoms with van der Waals surface area (Å²) >= 11 is 0. The molecular formula is C26H30N4O3S. The molecule has 1 heterocycles. The summed E-state index contributed by atoms with van der Waals surface area (Å²) in [5.41, 5.74) is 2.66. The third-order valence-electron chi connectivity index (χ3n) is 6.01. The third-order valence-corrected chi connectivity index (χ3v) is 7.91. The number of sulfonamides is 1. The second kappa shape index (κ2) is 10.3. The summed E-state index contributed by atoms with van der Waals surface area (Å²) in [6.45, 7) is 6.06. The van der Waals surface area contributed by atoms with Gasteiger partial charge in [-0.2, -0.15) is 0 Å². The number of carbonyl (C=O) groups is 1. The first-order valence-corrected chi connectivity index (χ1v) is 12.9. The van der Waals surface area contributed by atoms with Crippen molar-refractivity contribution in [1.82, 2.24) is 4.90 Å². The molecule has 0 aromatic heterocycles. The molecule has 4 rings (SSSR count). The molecule has 0 unspecified atom stereocenters. The van der Waals surface area contributed by atoms with Crippen LogP contribution in [0.5, 0.6) is 0 Å². The Kier molecular flexibility index (Phi) is 7.19. The van der Waals surface area contributed by atoms with E-state index in [1.165, 1.54) is 16.4 Å². The van der Waals surface area contributed by atoms with Crippen molar-refractivity contribution in [3.8, 4) is 0 Å². The number of piperazine rings is 1. The molecule has 0 bridgehead atoms. The second-order valence-corrected chi connectivity index (χ2v) is 10.2. The van der Waals surface area contributed by atoms with Crippen molar-refractivity contribution in [2.24, 2.45) is 0 Å². The molecule has 1 fully saturated rings. The van der Waals surface area contributed by atoms with Crippen molar-refractivity contribution in [1.29, 1.82) is 0 Å². The lowest BCUT2D eigenvalue weighted by atomic mass is 10.2. The number of likely N-dealkylation sites (N-methyl/N-ethyl adjacent to an activating group) is 1. The van der Waals surface area contributed by atoms with Gasteiger partial charge in [0.25, 0.3) is 15.9 Å². The lowest BCUT2D eigenvalue weighted by Gasteiger charge is -2.34. The van der Waals surface area contributed by atoms with E-state index in [0.29, 0.717) is 11.4 Å². The largest absolute Gasteiger partial charge is 0.369 e. The molecule has 1 saturated heterocycles. The van der Waals surface area contributed by atoms with E-state index in [9.17, 15) is 13.2 Å². The van der Waals surface area contributed by atoms with Gasteiger partial charge in [0.1, 0.15) is 0 Å². The summed E-state index contributed by atoms with van der Waals surface area (Å²) in [4.78, 5) is 17.6. The van der Waals surface area contributed by atoms with Crippen LogP contribution in [0.15, 0.2) is 83.8 Å². The maximum Gasteiger partial charge on any atom is 0.264 e. The zero-order valence-corrected chi connectivity index (χ0v) is 20.3. The van der Waals surface area contributed by atoms with E-state index in [-0.39, 0.29) is 22.9 Å². The van der Waals surface area contributed by atoms with Gasteiger partial charge in [-0.05, 0) is 68.6 Å². The number of benzene rings is 3. The summed E-state index contributed by atoms with van der Waals surface area (Å²) in [5, 5.41) is 2.87. The monoisotopic (exact) mass is 478 g/mol. The molecule has 178 valence electrons. The molecule has 0 aliphatic carbocycles. The highest BCUT2D eigenvalue weighted by Gasteiger charge is 2.24. The second-order valence-electron chi connectivity index (χ2n) is 8.32. The minimum absolute atomic E-state index is 0.0799. The van der Waals surface area contributed by atoms with E-state index in [1.807, 2.05) is 30.3 Å². The standard InChI is InChI=1S/C26H30N4O3S/c1-3-30(24-9-5-4-6-10-24)34(32,33)25-11-7-8-21(20-25)26(31)27-22-12-14-23(15-13-22)29-18-16-28(2)17-19-29/h4-15,20H,3,16-19H2,1-2H3,(H,27,31). The molecule has 7 nitrogen and oxygen atoms in total. The van der Waals surface area contributed by atoms with E-state index in [4.69, 9.17) is 0 Å². The summed E-state index contributed by atoms with van der Waals surface area (Å²) in [6.07, 6.45) is 0. The Balaban J connectivity index is 1.48. The zero-order valence-electron chi connectivity index (χ0n) is 19.5. The van der Waals surface area contributed by atoms with Gasteiger partial charge in [0.05, 0.1) is 10.6 Å². The highest BCUT2D eigenvalue weighted by atomic mass is 32.2. The first-order valence-electron chi connectivity index (χ1n) is 11.4. The maximum absolute atomic E-state index is 13.3. The molecule has 8 heteroatoms. The average Bonchev–Trinajstić information content (AvgIpc) is 2.86. The van der Waals surface area contributed by atoms with E-state index in [1.54, 1.807) is 43.3 Å². The highest BCUT2D eigenvalue weighted by molar-refractivity contribution is 7.92. The van der Waals surface area contributed by atoms with Crippen LogP contribution >= 0.6 is 0 Å². The Morgan fingerprint density at radius 1 is 0.912 bits per heavy atom. The molecule has 34 heavy (non-hydrogen) atoms. The first kappa shape index (κ1) is 23.8. The lowest BCUT2D eigenvalue weighted by Crippen LogP contribution is -2.44. The van der Waals surface area contributed by atoms with Gasteiger partial charge in [-0.25, -0.2) is 8.42 Å². The number of rotatable bonds is 7. The predicted molar refractivity (Wildman–Crippen MR) is 137 cm³/mol. The number of hydrogen-bond donors (Lipinski definition) is 1. The van der Waals surface area contributed by atoms with Crippen LogP contribution in [-0.2, 0) is 10.0 Å². The Labute approximate surface area is 201 Å². The van der Waals surface area contributed by atoms with E-state index in [0.717, 1.165) is 31.9 Å². The maximum atomic E-state index is 13.3. The zero-order chi connectivity index (χ0) is 24.1. The average molecular weight is 479 g/mol. The minimum Gasteiger partial charge on any atom is -0.369 e. The third kappa shape index (κ3) is 5.24. The van der Waals surface area contributed by atoms with Crippen molar-refractivity contribution in [2.75, 3.05) is 54.3 Å². The van der Waals surface area contributed by atoms with Crippen LogP contribution in [0.4, 0.5) is 17.1 Å². The van der Waals surface area contributed by atoms with Gasteiger partial charge in [-0.15, -0.1) is 0 Å². The molecule has 1 aliphatic heterocycles. The van der Waals surface area contributed by atoms with Crippen LogP contribution in [0.2, 0.25) is 0 Å². The fraction of sp³-hybridized carbons (Fsp3) is 0.269. The van der Waals surface area contributed by atoms with Gasteiger partial charge < -0.3 is 15.1 Å². The van der Waals surface area contributed by atoms with Crippen molar-refractivity contribution in [3.05, 3.63) is 84.4 Å². The van der Waals surface area contributed by atoms with Gasteiger partial charge in [-0.1, -0.05) is 24.3 Å². The quantitative estimate of drug-likeness (QED) is 0.558. The number of anilines is 3. The number of carbonyl (C=O) groups excluding carboxylic acids is 1. The fourth-order valence-electron chi connectivity index (χ4n) is 4.03. The SMILES string of the molecule is CCN(c1ccccc1)S(=O)(=O)c1cccc(C(=O)Nc2ccc(N3CCN(C)CC3)cc2)c1. The molecule has 3 aromatic rings. The lowest BCUT2D eigenvalue weighted by molar-refractivity contribution is 0.102. The summed E-state index contributed by atoms with van der Waals surface area (Å²) in [7, 11) is -1.69. The smallest absolute Gasteiger partial charge is 0.264 e. The Hall–Kier alpha value is -3.36. The number of amides is 1. The van der Waals surface area contributed by atoms with Gasteiger partial charge in [0, 0.05) is 49.7 Å². The van der Waals surface area contributed by atoms with Gasteiger partial charge in [-0.3, -0.25) is 9.10 Å². The fourth-order valence-corrected chi connectivity index (χ4v) is 5.55. The van der Waals surface area contributed by atoms with Gasteiger partial charge >= 0.3 is 0 Å². The Morgan fingerprint density at radius 2 is 1.59 bits per heavy atom. The summed E-state index contributed by atoms with van der Waals surface area (Å²) < 4.78 is 27.9. The molecule has 0 spiro atoms. The van der Waals surface area contributed by atoms with E-state index < -0.39 is 10.0 Å². The Morgan fingerprint density at radius 3 is 2.24 bits per heavy atom. The van der Waals surface area contributed by atoms with Crippen LogP contribution in [0, 0.1) is 0 Å². The molecule has 1 aliphatic rings. The normalized spacial score (nSPS) is 14.6. The summed E-state index contributed by atoms with van der Waals surface area (Å²) in [5.74, 6) is -0.354. The van der Waals surface area contributed by atoms with Crippen LogP contribution in [0.3, 0.4) is 0 Å². The predicted octanol–water partition coefficient (Wildman–Crippen LogP) is 3.91. The van der Waals surface area contributed by atoms with Gasteiger partial charge in [0.15, 0.2) is 0 Å². The highest BCUT2D eigenvalue weighted by Crippen LogP contribution is 2.24. The molecule has 1 N–H and O–H groups in total. The first-order chi connectivity index (χ1) is 16.4. The van der Waals surface area contributed by atoms with E-state index in [2.05, 4.69) is 22.2 Å². The molecular weight excluding hydrogens is 448 g/mol. The molecule has 0 saturated carbocycles. The van der Waals surface area contributed by atoms with Crippen molar-refractivity contribution >= 4 is 33.0 Å². The molecule has 0 radical (unpaired) electrons. The van der Waals surface area contributed by atoms with Crippen LogP contribution in [0.25, 0.3) is 0 Å². The van der Waals surface area contributed by atoms with Crippen molar-refractivity contribution < 1.29 is 13.2 Å². The van der Waals surface area contributed by atoms with Crippen molar-refractivity contribution in [3.63, 3.8) is 0 Å². The van der Waals surface area contributed by atoms with Crippen LogP contribution in [0.1, 0.15) is 17.3 Å². The minimum atomic E-state index is -3.81. The van der Waals surface area contributed by atoms with Crippen molar-refractivity contribution in [2.45, 2.75) is 11.8 Å². The Bertz CT molecular complexity index is 1220. The van der Waals surface area contributed by atoms with Crippen LogP contribution in [-0.4, -0.2) is 59.0 Å². The number of nitrogens with zero attached hydrogens (tertiary/aromatic N) is 3. The number of para-hydroxylation sites is 1. The molecule has 1 amide bonds. The molecule has 0 atom stereocenters. The topological polar surface area (TPSA) is 73.0 Å².